The molecule has 1 aliphatic rings. The maximum absolute atomic E-state index is 11.0. The third-order valence-corrected chi connectivity index (χ3v) is 2.20. The van der Waals surface area contributed by atoms with Crippen molar-refractivity contribution in [2.75, 3.05) is 19.6 Å². The van der Waals surface area contributed by atoms with Gasteiger partial charge in [0.05, 0.1) is 12.6 Å². The van der Waals surface area contributed by atoms with E-state index in [4.69, 9.17) is 0 Å². The van der Waals surface area contributed by atoms with E-state index in [9.17, 15) is 9.59 Å². The van der Waals surface area contributed by atoms with Crippen LogP contribution >= 0.6 is 0 Å². The standard InChI is InChI=1S/C8H14N2O2.C2H6/c1-6(7(2)11)10-4-3-9-8(12)5-10;1-2/h6H,3-5H2,1-2H3,(H,9,12);1-2H3. The van der Waals surface area contributed by atoms with Crippen molar-refractivity contribution in [3.8, 4) is 0 Å². The van der Waals surface area contributed by atoms with Crippen LogP contribution in [0.2, 0.25) is 0 Å². The predicted molar refractivity (Wildman–Crippen MR) is 56.1 cm³/mol. The van der Waals surface area contributed by atoms with E-state index < -0.39 is 0 Å². The van der Waals surface area contributed by atoms with E-state index in [1.54, 1.807) is 6.92 Å². The molecule has 82 valence electrons. The highest BCUT2D eigenvalue weighted by Crippen LogP contribution is 2.01. The molecular formula is C10H20N2O2. The second-order valence-electron chi connectivity index (χ2n) is 3.11. The van der Waals surface area contributed by atoms with Crippen molar-refractivity contribution >= 4 is 11.7 Å². The van der Waals surface area contributed by atoms with Crippen LogP contribution in [0.3, 0.4) is 0 Å². The number of rotatable bonds is 2. The number of ketones is 1. The van der Waals surface area contributed by atoms with E-state index in [0.717, 1.165) is 6.54 Å². The Labute approximate surface area is 85.7 Å². The molecule has 4 heteroatoms. The lowest BCUT2D eigenvalue weighted by atomic mass is 10.2. The lowest BCUT2D eigenvalue weighted by Crippen LogP contribution is -2.52. The lowest BCUT2D eigenvalue weighted by Gasteiger charge is -2.30. The van der Waals surface area contributed by atoms with E-state index in [0.29, 0.717) is 13.1 Å². The van der Waals surface area contributed by atoms with Crippen LogP contribution < -0.4 is 5.32 Å². The molecule has 0 radical (unpaired) electrons. The predicted octanol–water partition coefficient (Wildman–Crippen LogP) is 0.422. The Hall–Kier alpha value is -0.900. The van der Waals surface area contributed by atoms with Gasteiger partial charge in [0.1, 0.15) is 5.78 Å². The summed E-state index contributed by atoms with van der Waals surface area (Å²) in [4.78, 5) is 23.8. The third-order valence-electron chi connectivity index (χ3n) is 2.20. The fourth-order valence-corrected chi connectivity index (χ4v) is 1.25. The van der Waals surface area contributed by atoms with Gasteiger partial charge in [0.2, 0.25) is 5.91 Å². The molecule has 0 aromatic carbocycles. The molecule has 1 N–H and O–H groups in total. The van der Waals surface area contributed by atoms with Crippen LogP contribution in [0.25, 0.3) is 0 Å². The van der Waals surface area contributed by atoms with Crippen LogP contribution in [-0.2, 0) is 9.59 Å². The molecule has 1 unspecified atom stereocenters. The molecule has 0 bridgehead atoms. The zero-order chi connectivity index (χ0) is 11.1. The van der Waals surface area contributed by atoms with Gasteiger partial charge in [-0.2, -0.15) is 0 Å². The fraction of sp³-hybridized carbons (Fsp3) is 0.800. The van der Waals surface area contributed by atoms with Gasteiger partial charge in [0, 0.05) is 13.1 Å². The van der Waals surface area contributed by atoms with E-state index in [1.165, 1.54) is 0 Å². The van der Waals surface area contributed by atoms with Gasteiger partial charge in [-0.1, -0.05) is 13.8 Å². The summed E-state index contributed by atoms with van der Waals surface area (Å²) >= 11 is 0. The van der Waals surface area contributed by atoms with Gasteiger partial charge in [-0.15, -0.1) is 0 Å². The minimum absolute atomic E-state index is 0.00866. The first-order valence-electron chi connectivity index (χ1n) is 5.12. The summed E-state index contributed by atoms with van der Waals surface area (Å²) in [6.45, 7) is 9.15. The molecule has 0 spiro atoms. The molecule has 1 amide bonds. The molecule has 1 heterocycles. The van der Waals surface area contributed by atoms with Crippen molar-refractivity contribution in [2.24, 2.45) is 0 Å². The number of nitrogens with one attached hydrogen (secondary N) is 1. The number of carbonyl (C=O) groups excluding carboxylic acids is 2. The smallest absolute Gasteiger partial charge is 0.234 e. The highest BCUT2D eigenvalue weighted by molar-refractivity contribution is 5.83. The highest BCUT2D eigenvalue weighted by Gasteiger charge is 2.23. The third kappa shape index (κ3) is 3.87. The number of nitrogens with zero attached hydrogens (tertiary/aromatic N) is 1. The molecule has 1 aliphatic heterocycles. The molecule has 0 aromatic heterocycles. The second kappa shape index (κ2) is 6.54. The summed E-state index contributed by atoms with van der Waals surface area (Å²) in [5, 5.41) is 2.71. The first-order chi connectivity index (χ1) is 6.61. The summed E-state index contributed by atoms with van der Waals surface area (Å²) < 4.78 is 0. The van der Waals surface area contributed by atoms with Gasteiger partial charge in [0.25, 0.3) is 0 Å². The SMILES string of the molecule is CC.CC(=O)C(C)N1CCNC(=O)C1. The van der Waals surface area contributed by atoms with Crippen molar-refractivity contribution in [1.82, 2.24) is 10.2 Å². The Bertz CT molecular complexity index is 202. The number of carbonyl (C=O) groups is 2. The molecule has 14 heavy (non-hydrogen) atoms. The maximum Gasteiger partial charge on any atom is 0.234 e. The zero-order valence-corrected chi connectivity index (χ0v) is 9.46. The summed E-state index contributed by atoms with van der Waals surface area (Å²) in [5.74, 6) is 0.124. The number of hydrogen-bond acceptors (Lipinski definition) is 3. The molecular weight excluding hydrogens is 180 g/mol. The van der Waals surface area contributed by atoms with E-state index in [-0.39, 0.29) is 17.7 Å². The number of Topliss-reactive ketones (excluding diaryl/α,β-unsaturated/α-hetero) is 1. The summed E-state index contributed by atoms with van der Waals surface area (Å²) in [6, 6.07) is -0.129. The van der Waals surface area contributed by atoms with Crippen LogP contribution in [0.15, 0.2) is 0 Å². The van der Waals surface area contributed by atoms with E-state index in [2.05, 4.69) is 5.32 Å². The van der Waals surface area contributed by atoms with Crippen molar-refractivity contribution in [2.45, 2.75) is 33.7 Å². The van der Waals surface area contributed by atoms with Crippen LogP contribution in [0.4, 0.5) is 0 Å². The molecule has 1 fully saturated rings. The van der Waals surface area contributed by atoms with Gasteiger partial charge in [-0.05, 0) is 13.8 Å². The lowest BCUT2D eigenvalue weighted by molar-refractivity contribution is -0.128. The second-order valence-corrected chi connectivity index (χ2v) is 3.11. The monoisotopic (exact) mass is 200 g/mol. The molecule has 1 saturated heterocycles. The average molecular weight is 200 g/mol. The average Bonchev–Trinajstić information content (AvgIpc) is 2.19. The Balaban J connectivity index is 0.000000791. The molecule has 0 saturated carbocycles. The Kier molecular flexibility index (Phi) is 6.12. The van der Waals surface area contributed by atoms with Gasteiger partial charge in [0.15, 0.2) is 0 Å². The fourth-order valence-electron chi connectivity index (χ4n) is 1.25. The minimum atomic E-state index is -0.129. The Morgan fingerprint density at radius 2 is 2.07 bits per heavy atom. The van der Waals surface area contributed by atoms with Gasteiger partial charge >= 0.3 is 0 Å². The van der Waals surface area contributed by atoms with Crippen molar-refractivity contribution in [3.05, 3.63) is 0 Å². The minimum Gasteiger partial charge on any atom is -0.354 e. The number of amides is 1. The van der Waals surface area contributed by atoms with Gasteiger partial charge < -0.3 is 5.32 Å². The topological polar surface area (TPSA) is 49.4 Å². The first kappa shape index (κ1) is 13.1. The first-order valence-corrected chi connectivity index (χ1v) is 5.12. The van der Waals surface area contributed by atoms with Crippen molar-refractivity contribution < 1.29 is 9.59 Å². The molecule has 1 rings (SSSR count). The van der Waals surface area contributed by atoms with Crippen molar-refractivity contribution in [1.29, 1.82) is 0 Å². The molecule has 0 aromatic rings. The van der Waals surface area contributed by atoms with Crippen LogP contribution in [0.1, 0.15) is 27.7 Å². The zero-order valence-electron chi connectivity index (χ0n) is 9.46. The maximum atomic E-state index is 11.0. The highest BCUT2D eigenvalue weighted by atomic mass is 16.2. The van der Waals surface area contributed by atoms with E-state index >= 15 is 0 Å². The normalized spacial score (nSPS) is 19.0. The number of hydrogen-bond donors (Lipinski definition) is 1. The summed E-state index contributed by atoms with van der Waals surface area (Å²) in [5.41, 5.74) is 0. The van der Waals surface area contributed by atoms with Crippen LogP contribution in [-0.4, -0.2) is 42.3 Å². The van der Waals surface area contributed by atoms with E-state index in [1.807, 2.05) is 25.7 Å². The summed E-state index contributed by atoms with van der Waals surface area (Å²) in [7, 11) is 0. The largest absolute Gasteiger partial charge is 0.354 e. The summed E-state index contributed by atoms with van der Waals surface area (Å²) in [6.07, 6.45) is 0. The number of piperazine rings is 1. The Morgan fingerprint density at radius 3 is 2.50 bits per heavy atom. The Morgan fingerprint density at radius 1 is 1.50 bits per heavy atom. The van der Waals surface area contributed by atoms with Gasteiger partial charge in [-0.3, -0.25) is 14.5 Å². The molecule has 0 aliphatic carbocycles. The van der Waals surface area contributed by atoms with Crippen LogP contribution in [0, 0.1) is 0 Å². The van der Waals surface area contributed by atoms with Gasteiger partial charge in [-0.25, -0.2) is 0 Å². The van der Waals surface area contributed by atoms with Crippen molar-refractivity contribution in [3.63, 3.8) is 0 Å². The van der Waals surface area contributed by atoms with Crippen LogP contribution in [0.5, 0.6) is 0 Å². The molecule has 4 nitrogen and oxygen atoms in total. The molecule has 1 atom stereocenters. The quantitative estimate of drug-likeness (QED) is 0.703.